The normalized spacial score (nSPS) is 14.1. The molecule has 0 saturated carbocycles. The summed E-state index contributed by atoms with van der Waals surface area (Å²) in [5.41, 5.74) is 1.61. The minimum Gasteiger partial charge on any atom is -0.356 e. The number of benzene rings is 1. The van der Waals surface area contributed by atoms with Gasteiger partial charge in [-0.15, -0.1) is 0 Å². The van der Waals surface area contributed by atoms with Gasteiger partial charge >= 0.3 is 0 Å². The van der Waals surface area contributed by atoms with Crippen LogP contribution in [0.2, 0.25) is 0 Å². The SMILES string of the molecule is CN=C(NCCC(C)(C)C)NC(C)c1ccccc1. The molecule has 0 amide bonds. The smallest absolute Gasteiger partial charge is 0.191 e. The van der Waals surface area contributed by atoms with Gasteiger partial charge in [-0.2, -0.15) is 0 Å². The van der Waals surface area contributed by atoms with Gasteiger partial charge in [0, 0.05) is 13.6 Å². The molecule has 19 heavy (non-hydrogen) atoms. The van der Waals surface area contributed by atoms with E-state index in [9.17, 15) is 0 Å². The Labute approximate surface area is 117 Å². The van der Waals surface area contributed by atoms with Crippen molar-refractivity contribution in [1.29, 1.82) is 0 Å². The Kier molecular flexibility index (Phi) is 5.87. The quantitative estimate of drug-likeness (QED) is 0.644. The van der Waals surface area contributed by atoms with Gasteiger partial charge in [0.15, 0.2) is 5.96 Å². The highest BCUT2D eigenvalue weighted by Gasteiger charge is 2.11. The molecule has 0 aliphatic carbocycles. The zero-order valence-electron chi connectivity index (χ0n) is 12.8. The molecular weight excluding hydrogens is 234 g/mol. The average molecular weight is 261 g/mol. The van der Waals surface area contributed by atoms with Crippen molar-refractivity contribution in [2.75, 3.05) is 13.6 Å². The Balaban J connectivity index is 2.45. The predicted octanol–water partition coefficient (Wildman–Crippen LogP) is 3.35. The second kappa shape index (κ2) is 7.17. The van der Waals surface area contributed by atoms with Crippen LogP contribution in [0.25, 0.3) is 0 Å². The van der Waals surface area contributed by atoms with Crippen LogP contribution in [0.3, 0.4) is 0 Å². The van der Waals surface area contributed by atoms with Gasteiger partial charge in [0.1, 0.15) is 0 Å². The fourth-order valence-corrected chi connectivity index (χ4v) is 1.78. The number of aliphatic imine (C=N–C) groups is 1. The Hall–Kier alpha value is -1.51. The van der Waals surface area contributed by atoms with Crippen LogP contribution in [0, 0.1) is 5.41 Å². The Morgan fingerprint density at radius 1 is 1.21 bits per heavy atom. The molecule has 1 aromatic rings. The third-order valence-corrected chi connectivity index (χ3v) is 3.04. The molecule has 0 saturated heterocycles. The highest BCUT2D eigenvalue weighted by Crippen LogP contribution is 2.17. The molecule has 0 bridgehead atoms. The Morgan fingerprint density at radius 3 is 2.37 bits per heavy atom. The highest BCUT2D eigenvalue weighted by atomic mass is 15.2. The van der Waals surface area contributed by atoms with E-state index < -0.39 is 0 Å². The molecule has 106 valence electrons. The van der Waals surface area contributed by atoms with Crippen LogP contribution >= 0.6 is 0 Å². The summed E-state index contributed by atoms with van der Waals surface area (Å²) in [6, 6.07) is 10.7. The largest absolute Gasteiger partial charge is 0.356 e. The molecule has 0 heterocycles. The maximum atomic E-state index is 4.27. The van der Waals surface area contributed by atoms with E-state index in [1.165, 1.54) is 5.56 Å². The molecule has 1 rings (SSSR count). The van der Waals surface area contributed by atoms with E-state index in [1.807, 2.05) is 13.1 Å². The third-order valence-electron chi connectivity index (χ3n) is 3.04. The van der Waals surface area contributed by atoms with E-state index in [4.69, 9.17) is 0 Å². The van der Waals surface area contributed by atoms with Crippen molar-refractivity contribution in [2.45, 2.75) is 40.2 Å². The van der Waals surface area contributed by atoms with Crippen molar-refractivity contribution in [1.82, 2.24) is 10.6 Å². The number of rotatable bonds is 4. The molecule has 1 unspecified atom stereocenters. The van der Waals surface area contributed by atoms with Gasteiger partial charge in [-0.25, -0.2) is 0 Å². The lowest BCUT2D eigenvalue weighted by Gasteiger charge is -2.21. The minimum atomic E-state index is 0.252. The number of nitrogens with one attached hydrogen (secondary N) is 2. The zero-order chi connectivity index (χ0) is 14.3. The first kappa shape index (κ1) is 15.5. The lowest BCUT2D eigenvalue weighted by Crippen LogP contribution is -2.39. The molecule has 0 spiro atoms. The fourth-order valence-electron chi connectivity index (χ4n) is 1.78. The molecule has 0 radical (unpaired) electrons. The first-order valence-corrected chi connectivity index (χ1v) is 6.94. The monoisotopic (exact) mass is 261 g/mol. The van der Waals surface area contributed by atoms with Crippen LogP contribution in [0.15, 0.2) is 35.3 Å². The predicted molar refractivity (Wildman–Crippen MR) is 83.4 cm³/mol. The van der Waals surface area contributed by atoms with Gasteiger partial charge in [0.25, 0.3) is 0 Å². The number of nitrogens with zero attached hydrogens (tertiary/aromatic N) is 1. The van der Waals surface area contributed by atoms with E-state index in [-0.39, 0.29) is 6.04 Å². The second-order valence-corrected chi connectivity index (χ2v) is 6.09. The molecule has 0 aliphatic rings. The van der Waals surface area contributed by atoms with Gasteiger partial charge in [-0.1, -0.05) is 51.1 Å². The van der Waals surface area contributed by atoms with Crippen molar-refractivity contribution in [3.63, 3.8) is 0 Å². The van der Waals surface area contributed by atoms with Crippen molar-refractivity contribution < 1.29 is 0 Å². The van der Waals surface area contributed by atoms with Gasteiger partial charge in [0.05, 0.1) is 6.04 Å². The van der Waals surface area contributed by atoms with Gasteiger partial charge in [-0.3, -0.25) is 4.99 Å². The first-order chi connectivity index (χ1) is 8.92. The summed E-state index contributed by atoms with van der Waals surface area (Å²) in [4.78, 5) is 4.27. The molecule has 0 fully saturated rings. The van der Waals surface area contributed by atoms with Crippen LogP contribution in [0.5, 0.6) is 0 Å². The summed E-state index contributed by atoms with van der Waals surface area (Å²) in [6.45, 7) is 9.82. The number of hydrogen-bond acceptors (Lipinski definition) is 1. The van der Waals surface area contributed by atoms with E-state index >= 15 is 0 Å². The van der Waals surface area contributed by atoms with Crippen molar-refractivity contribution in [2.24, 2.45) is 10.4 Å². The minimum absolute atomic E-state index is 0.252. The summed E-state index contributed by atoms with van der Waals surface area (Å²) >= 11 is 0. The van der Waals surface area contributed by atoms with E-state index in [2.05, 4.69) is 67.6 Å². The van der Waals surface area contributed by atoms with Crippen LogP contribution in [-0.4, -0.2) is 19.6 Å². The summed E-state index contributed by atoms with van der Waals surface area (Å²) in [5.74, 6) is 0.862. The lowest BCUT2D eigenvalue weighted by atomic mass is 9.92. The van der Waals surface area contributed by atoms with Gasteiger partial charge < -0.3 is 10.6 Å². The van der Waals surface area contributed by atoms with E-state index in [0.717, 1.165) is 18.9 Å². The topological polar surface area (TPSA) is 36.4 Å². The Morgan fingerprint density at radius 2 is 1.84 bits per heavy atom. The molecule has 3 heteroatoms. The van der Waals surface area contributed by atoms with Crippen LogP contribution in [-0.2, 0) is 0 Å². The molecule has 1 atom stereocenters. The summed E-state index contributed by atoms with van der Waals surface area (Å²) < 4.78 is 0. The summed E-state index contributed by atoms with van der Waals surface area (Å²) in [5, 5.41) is 6.77. The average Bonchev–Trinajstić information content (AvgIpc) is 2.37. The summed E-state index contributed by atoms with van der Waals surface area (Å²) in [7, 11) is 1.81. The molecule has 3 nitrogen and oxygen atoms in total. The molecule has 0 aromatic heterocycles. The standard InChI is InChI=1S/C16H27N3/c1-13(14-9-7-6-8-10-14)19-15(17-5)18-12-11-16(2,3)4/h6-10,13H,11-12H2,1-5H3,(H2,17,18,19). The Bertz CT molecular complexity index is 390. The molecule has 2 N–H and O–H groups in total. The van der Waals surface area contributed by atoms with Crippen LogP contribution in [0.4, 0.5) is 0 Å². The fraction of sp³-hybridized carbons (Fsp3) is 0.562. The maximum Gasteiger partial charge on any atom is 0.191 e. The van der Waals surface area contributed by atoms with Crippen LogP contribution in [0.1, 0.15) is 45.7 Å². The number of guanidine groups is 1. The number of hydrogen-bond donors (Lipinski definition) is 2. The van der Waals surface area contributed by atoms with Gasteiger partial charge in [-0.05, 0) is 24.3 Å². The van der Waals surface area contributed by atoms with Crippen molar-refractivity contribution in [3.05, 3.63) is 35.9 Å². The lowest BCUT2D eigenvalue weighted by molar-refractivity contribution is 0.377. The first-order valence-electron chi connectivity index (χ1n) is 6.94. The molecule has 0 aliphatic heterocycles. The maximum absolute atomic E-state index is 4.27. The zero-order valence-corrected chi connectivity index (χ0v) is 12.8. The van der Waals surface area contributed by atoms with Crippen molar-refractivity contribution in [3.8, 4) is 0 Å². The van der Waals surface area contributed by atoms with E-state index in [0.29, 0.717) is 5.41 Å². The highest BCUT2D eigenvalue weighted by molar-refractivity contribution is 5.80. The molecule has 1 aromatic carbocycles. The second-order valence-electron chi connectivity index (χ2n) is 6.09. The summed E-state index contributed by atoms with van der Waals surface area (Å²) in [6.07, 6.45) is 1.12. The third kappa shape index (κ3) is 6.27. The van der Waals surface area contributed by atoms with E-state index in [1.54, 1.807) is 0 Å². The van der Waals surface area contributed by atoms with Crippen LogP contribution < -0.4 is 10.6 Å². The molecular formula is C16H27N3. The van der Waals surface area contributed by atoms with Crippen molar-refractivity contribution >= 4 is 5.96 Å². The van der Waals surface area contributed by atoms with Gasteiger partial charge in [0.2, 0.25) is 0 Å².